The molecule has 1 saturated heterocycles. The summed E-state index contributed by atoms with van der Waals surface area (Å²) in [6.07, 6.45) is 2.01. The van der Waals surface area contributed by atoms with Crippen LogP contribution in [0.4, 0.5) is 10.6 Å². The van der Waals surface area contributed by atoms with Crippen molar-refractivity contribution in [2.24, 2.45) is 0 Å². The standard InChI is InChI=1S/C13H10BrN3O2/c14-10-3-1-2-8-7-15-11(6-9(8)10)17-5-4-12(18)16-13(17)19/h1-3,6-7H,4-5H2,(H,16,18,19). The van der Waals surface area contributed by atoms with E-state index in [4.69, 9.17) is 0 Å². The number of pyridine rings is 1. The summed E-state index contributed by atoms with van der Waals surface area (Å²) in [6.45, 7) is 0.355. The SMILES string of the molecule is O=C1CCN(c2cc3c(Br)cccc3cn2)C(=O)N1. The first-order valence-corrected chi connectivity index (χ1v) is 6.60. The Bertz CT molecular complexity index is 687. The predicted octanol–water partition coefficient (Wildman–Crippen LogP) is 2.44. The van der Waals surface area contributed by atoms with Crippen molar-refractivity contribution in [3.63, 3.8) is 0 Å². The van der Waals surface area contributed by atoms with Gasteiger partial charge in [-0.05, 0) is 12.1 Å². The van der Waals surface area contributed by atoms with Gasteiger partial charge in [-0.25, -0.2) is 9.78 Å². The van der Waals surface area contributed by atoms with E-state index in [-0.39, 0.29) is 5.91 Å². The predicted molar refractivity (Wildman–Crippen MR) is 74.9 cm³/mol. The molecule has 0 bridgehead atoms. The first-order valence-electron chi connectivity index (χ1n) is 5.81. The quantitative estimate of drug-likeness (QED) is 0.878. The summed E-state index contributed by atoms with van der Waals surface area (Å²) in [7, 11) is 0. The van der Waals surface area contributed by atoms with Crippen LogP contribution >= 0.6 is 15.9 Å². The van der Waals surface area contributed by atoms with Gasteiger partial charge >= 0.3 is 6.03 Å². The number of halogens is 1. The maximum absolute atomic E-state index is 11.8. The van der Waals surface area contributed by atoms with E-state index in [1.807, 2.05) is 24.3 Å². The molecule has 1 aliphatic rings. The largest absolute Gasteiger partial charge is 0.329 e. The highest BCUT2D eigenvalue weighted by atomic mass is 79.9. The molecule has 19 heavy (non-hydrogen) atoms. The molecule has 2 heterocycles. The summed E-state index contributed by atoms with van der Waals surface area (Å²) >= 11 is 3.48. The zero-order valence-electron chi connectivity index (χ0n) is 9.89. The van der Waals surface area contributed by atoms with Crippen molar-refractivity contribution in [2.45, 2.75) is 6.42 Å². The van der Waals surface area contributed by atoms with Gasteiger partial charge in [0.1, 0.15) is 5.82 Å². The van der Waals surface area contributed by atoms with Crippen LogP contribution in [0.3, 0.4) is 0 Å². The minimum atomic E-state index is -0.421. The minimum Gasteiger partial charge on any atom is -0.278 e. The highest BCUT2D eigenvalue weighted by Gasteiger charge is 2.25. The molecule has 96 valence electrons. The lowest BCUT2D eigenvalue weighted by Crippen LogP contribution is -2.49. The molecule has 3 amide bonds. The number of nitrogens with one attached hydrogen (secondary N) is 1. The molecule has 0 spiro atoms. The number of imide groups is 1. The minimum absolute atomic E-state index is 0.247. The van der Waals surface area contributed by atoms with Crippen molar-refractivity contribution in [1.29, 1.82) is 0 Å². The maximum Gasteiger partial charge on any atom is 0.329 e. The second-order valence-corrected chi connectivity index (χ2v) is 5.11. The third-order valence-corrected chi connectivity index (χ3v) is 3.72. The van der Waals surface area contributed by atoms with Crippen LogP contribution < -0.4 is 10.2 Å². The number of amides is 3. The summed E-state index contributed by atoms with van der Waals surface area (Å²) < 4.78 is 0.946. The Morgan fingerprint density at radius 1 is 1.32 bits per heavy atom. The van der Waals surface area contributed by atoms with Crippen molar-refractivity contribution in [3.05, 3.63) is 34.9 Å². The number of benzene rings is 1. The van der Waals surface area contributed by atoms with E-state index in [1.54, 1.807) is 6.20 Å². The molecule has 0 radical (unpaired) electrons. The molecule has 6 heteroatoms. The number of hydrogen-bond donors (Lipinski definition) is 1. The fourth-order valence-corrected chi connectivity index (χ4v) is 2.55. The highest BCUT2D eigenvalue weighted by Crippen LogP contribution is 2.27. The molecular formula is C13H10BrN3O2. The average Bonchev–Trinajstić information content (AvgIpc) is 2.39. The van der Waals surface area contributed by atoms with Crippen LogP contribution in [-0.2, 0) is 4.79 Å². The number of urea groups is 1. The van der Waals surface area contributed by atoms with Crippen molar-refractivity contribution >= 4 is 44.5 Å². The molecule has 0 saturated carbocycles. The van der Waals surface area contributed by atoms with Gasteiger partial charge in [-0.3, -0.25) is 15.0 Å². The van der Waals surface area contributed by atoms with E-state index in [1.165, 1.54) is 4.90 Å². The number of carbonyl (C=O) groups excluding carboxylic acids is 2. The maximum atomic E-state index is 11.8. The van der Waals surface area contributed by atoms with Gasteiger partial charge < -0.3 is 0 Å². The third kappa shape index (κ3) is 2.19. The summed E-state index contributed by atoms with van der Waals surface area (Å²) in [5.41, 5.74) is 0. The number of aromatic nitrogens is 1. The number of fused-ring (bicyclic) bond motifs is 1. The Morgan fingerprint density at radius 3 is 2.95 bits per heavy atom. The lowest BCUT2D eigenvalue weighted by Gasteiger charge is -2.25. The van der Waals surface area contributed by atoms with Gasteiger partial charge in [-0.1, -0.05) is 28.1 Å². The second kappa shape index (κ2) is 4.62. The highest BCUT2D eigenvalue weighted by molar-refractivity contribution is 9.10. The van der Waals surface area contributed by atoms with Crippen LogP contribution in [0.2, 0.25) is 0 Å². The molecule has 1 aromatic carbocycles. The Hall–Kier alpha value is -1.95. The van der Waals surface area contributed by atoms with Gasteiger partial charge in [0, 0.05) is 34.4 Å². The molecule has 0 atom stereocenters. The normalized spacial score (nSPS) is 15.7. The fourth-order valence-electron chi connectivity index (χ4n) is 2.05. The lowest BCUT2D eigenvalue weighted by atomic mass is 10.1. The lowest BCUT2D eigenvalue weighted by molar-refractivity contribution is -0.120. The monoisotopic (exact) mass is 319 g/mol. The molecule has 5 nitrogen and oxygen atoms in total. The molecule has 1 fully saturated rings. The van der Waals surface area contributed by atoms with E-state index >= 15 is 0 Å². The molecule has 3 rings (SSSR count). The average molecular weight is 320 g/mol. The molecule has 1 aliphatic heterocycles. The Balaban J connectivity index is 2.04. The molecule has 2 aromatic rings. The molecule has 0 unspecified atom stereocenters. The van der Waals surface area contributed by atoms with Crippen molar-refractivity contribution in [2.75, 3.05) is 11.4 Å². The van der Waals surface area contributed by atoms with Gasteiger partial charge in [-0.2, -0.15) is 0 Å². The van der Waals surface area contributed by atoms with Crippen LogP contribution in [0.1, 0.15) is 6.42 Å². The fraction of sp³-hybridized carbons (Fsp3) is 0.154. The first-order chi connectivity index (χ1) is 9.15. The van der Waals surface area contributed by atoms with E-state index in [9.17, 15) is 9.59 Å². The van der Waals surface area contributed by atoms with Crippen molar-refractivity contribution in [1.82, 2.24) is 10.3 Å². The molecular weight excluding hydrogens is 310 g/mol. The Labute approximate surface area is 117 Å². The zero-order valence-corrected chi connectivity index (χ0v) is 11.5. The van der Waals surface area contributed by atoms with Gasteiger partial charge in [0.2, 0.25) is 5.91 Å². The number of nitrogens with zero attached hydrogens (tertiary/aromatic N) is 2. The zero-order chi connectivity index (χ0) is 13.4. The summed E-state index contributed by atoms with van der Waals surface area (Å²) in [4.78, 5) is 28.7. The first kappa shape index (κ1) is 12.1. The van der Waals surface area contributed by atoms with Gasteiger partial charge in [0.25, 0.3) is 0 Å². The number of carbonyl (C=O) groups is 2. The van der Waals surface area contributed by atoms with Gasteiger partial charge in [-0.15, -0.1) is 0 Å². The second-order valence-electron chi connectivity index (χ2n) is 4.26. The van der Waals surface area contributed by atoms with Crippen molar-refractivity contribution < 1.29 is 9.59 Å². The van der Waals surface area contributed by atoms with Crippen LogP contribution in [0.15, 0.2) is 34.9 Å². The van der Waals surface area contributed by atoms with Crippen LogP contribution in [0, 0.1) is 0 Å². The van der Waals surface area contributed by atoms with Gasteiger partial charge in [0.15, 0.2) is 0 Å². The third-order valence-electron chi connectivity index (χ3n) is 3.03. The van der Waals surface area contributed by atoms with Crippen LogP contribution in [0.5, 0.6) is 0 Å². The molecule has 1 aromatic heterocycles. The van der Waals surface area contributed by atoms with E-state index in [0.29, 0.717) is 18.8 Å². The van der Waals surface area contributed by atoms with E-state index in [2.05, 4.69) is 26.2 Å². The Morgan fingerprint density at radius 2 is 2.16 bits per heavy atom. The summed E-state index contributed by atoms with van der Waals surface area (Å²) in [5, 5.41) is 4.26. The Kier molecular flexibility index (Phi) is 2.94. The summed E-state index contributed by atoms with van der Waals surface area (Å²) in [6, 6.07) is 7.24. The van der Waals surface area contributed by atoms with E-state index < -0.39 is 6.03 Å². The van der Waals surface area contributed by atoms with Crippen molar-refractivity contribution in [3.8, 4) is 0 Å². The van der Waals surface area contributed by atoms with E-state index in [0.717, 1.165) is 15.2 Å². The van der Waals surface area contributed by atoms with Gasteiger partial charge in [0.05, 0.1) is 0 Å². The number of hydrogen-bond acceptors (Lipinski definition) is 3. The topological polar surface area (TPSA) is 62.3 Å². The molecule has 0 aliphatic carbocycles. The number of anilines is 1. The van der Waals surface area contributed by atoms with Crippen LogP contribution in [-0.4, -0.2) is 23.5 Å². The molecule has 1 N–H and O–H groups in total. The van der Waals surface area contributed by atoms with Crippen LogP contribution in [0.25, 0.3) is 10.8 Å². The summed E-state index contributed by atoms with van der Waals surface area (Å²) in [5.74, 6) is 0.299. The number of rotatable bonds is 1. The smallest absolute Gasteiger partial charge is 0.278 e.